The number of piperidine rings is 1. The van der Waals surface area contributed by atoms with Crippen LogP contribution in [-0.4, -0.2) is 71.4 Å². The number of rotatable bonds is 6. The standard InChI is InChI=1S/C27H37F3N4O4/c1-4-26(25(37)34-12-8-22-19(16-34)13-20(15-31-22)27(28,29)30)9-5-21(14-26)33-10-6-18(7-11-33)23(35)32-17(2)24(36)38-3/h13,15,17-18,21H,4-12,14,16H2,1-3H3,(H,32,35)/t17-,21?,26+/m1/s1. The van der Waals surface area contributed by atoms with Crippen molar-refractivity contribution >= 4 is 17.8 Å². The molecular formula is C27H37F3N4O4. The Balaban J connectivity index is 1.35. The van der Waals surface area contributed by atoms with Crippen molar-refractivity contribution in [1.29, 1.82) is 0 Å². The van der Waals surface area contributed by atoms with Crippen molar-refractivity contribution in [3.05, 3.63) is 29.1 Å². The van der Waals surface area contributed by atoms with E-state index in [2.05, 4.69) is 19.9 Å². The molecule has 3 aliphatic rings. The summed E-state index contributed by atoms with van der Waals surface area (Å²) in [5, 5.41) is 2.73. The van der Waals surface area contributed by atoms with Gasteiger partial charge in [0.05, 0.1) is 18.1 Å². The molecule has 0 spiro atoms. The van der Waals surface area contributed by atoms with Crippen LogP contribution in [0.25, 0.3) is 0 Å². The van der Waals surface area contributed by atoms with Gasteiger partial charge in [0.15, 0.2) is 0 Å². The zero-order chi connectivity index (χ0) is 27.7. The van der Waals surface area contributed by atoms with Crippen molar-refractivity contribution in [2.45, 2.75) is 83.6 Å². The van der Waals surface area contributed by atoms with Gasteiger partial charge in [0.1, 0.15) is 6.04 Å². The minimum atomic E-state index is -4.47. The van der Waals surface area contributed by atoms with Crippen molar-refractivity contribution in [2.75, 3.05) is 26.7 Å². The van der Waals surface area contributed by atoms with Crippen LogP contribution in [0.3, 0.4) is 0 Å². The summed E-state index contributed by atoms with van der Waals surface area (Å²) >= 11 is 0. The molecule has 1 N–H and O–H groups in total. The van der Waals surface area contributed by atoms with Gasteiger partial charge in [-0.25, -0.2) is 4.79 Å². The van der Waals surface area contributed by atoms with Crippen molar-refractivity contribution in [1.82, 2.24) is 20.1 Å². The topological polar surface area (TPSA) is 91.8 Å². The monoisotopic (exact) mass is 538 g/mol. The number of pyridine rings is 1. The molecule has 1 aromatic heterocycles. The number of nitrogens with one attached hydrogen (secondary N) is 1. The van der Waals surface area contributed by atoms with E-state index in [-0.39, 0.29) is 30.3 Å². The summed E-state index contributed by atoms with van der Waals surface area (Å²) in [5.74, 6) is -0.755. The highest BCUT2D eigenvalue weighted by atomic mass is 19.4. The van der Waals surface area contributed by atoms with E-state index in [1.54, 1.807) is 11.8 Å². The van der Waals surface area contributed by atoms with Crippen LogP contribution in [0.15, 0.2) is 12.3 Å². The van der Waals surface area contributed by atoms with Gasteiger partial charge in [0.2, 0.25) is 11.8 Å². The van der Waals surface area contributed by atoms with Gasteiger partial charge in [0.25, 0.3) is 0 Å². The molecule has 2 aliphatic heterocycles. The minimum absolute atomic E-state index is 0.0247. The van der Waals surface area contributed by atoms with E-state index in [0.717, 1.165) is 38.2 Å². The van der Waals surface area contributed by atoms with Crippen LogP contribution in [-0.2, 0) is 38.3 Å². The fourth-order valence-corrected chi connectivity index (χ4v) is 6.26. The number of hydrogen-bond acceptors (Lipinski definition) is 6. The van der Waals surface area contributed by atoms with Gasteiger partial charge in [-0.3, -0.25) is 14.6 Å². The summed E-state index contributed by atoms with van der Waals surface area (Å²) < 4.78 is 44.3. The van der Waals surface area contributed by atoms with Gasteiger partial charge in [-0.05, 0) is 70.2 Å². The molecule has 38 heavy (non-hydrogen) atoms. The van der Waals surface area contributed by atoms with Gasteiger partial charge in [-0.2, -0.15) is 13.2 Å². The number of aromatic nitrogens is 1. The number of likely N-dealkylation sites (tertiary alicyclic amines) is 1. The average molecular weight is 539 g/mol. The minimum Gasteiger partial charge on any atom is -0.467 e. The maximum Gasteiger partial charge on any atom is 0.417 e. The van der Waals surface area contributed by atoms with E-state index in [1.807, 2.05) is 6.92 Å². The summed E-state index contributed by atoms with van der Waals surface area (Å²) in [4.78, 5) is 46.1. The number of amides is 2. The van der Waals surface area contributed by atoms with E-state index < -0.39 is 29.2 Å². The number of carbonyl (C=O) groups excluding carboxylic acids is 3. The molecule has 0 aromatic carbocycles. The second kappa shape index (κ2) is 11.2. The molecule has 4 rings (SSSR count). The van der Waals surface area contributed by atoms with Gasteiger partial charge in [0, 0.05) is 43.4 Å². The molecule has 11 heteroatoms. The maximum atomic E-state index is 13.8. The molecule has 210 valence electrons. The quantitative estimate of drug-likeness (QED) is 0.559. The van der Waals surface area contributed by atoms with Crippen LogP contribution < -0.4 is 5.32 Å². The lowest BCUT2D eigenvalue weighted by Crippen LogP contribution is -2.48. The average Bonchev–Trinajstić information content (AvgIpc) is 3.37. The molecule has 1 saturated heterocycles. The number of alkyl halides is 3. The van der Waals surface area contributed by atoms with E-state index >= 15 is 0 Å². The number of fused-ring (bicyclic) bond motifs is 1. The molecule has 1 aromatic rings. The Kier molecular flexibility index (Phi) is 8.34. The summed E-state index contributed by atoms with van der Waals surface area (Å²) in [6.45, 7) is 5.72. The molecule has 0 bridgehead atoms. The highest BCUT2D eigenvalue weighted by Crippen LogP contribution is 2.46. The molecule has 2 fully saturated rings. The first-order valence-corrected chi connectivity index (χ1v) is 13.4. The maximum absolute atomic E-state index is 13.8. The van der Waals surface area contributed by atoms with Crippen LogP contribution in [0, 0.1) is 11.3 Å². The fraction of sp³-hybridized carbons (Fsp3) is 0.704. The highest BCUT2D eigenvalue weighted by molar-refractivity contribution is 5.85. The van der Waals surface area contributed by atoms with Crippen molar-refractivity contribution in [3.63, 3.8) is 0 Å². The molecule has 0 radical (unpaired) electrons. The molecule has 1 unspecified atom stereocenters. The Bertz CT molecular complexity index is 1060. The molecular weight excluding hydrogens is 501 g/mol. The number of carbonyl (C=O) groups is 3. The number of methoxy groups -OCH3 is 1. The van der Waals surface area contributed by atoms with Gasteiger partial charge in [-0.1, -0.05) is 6.92 Å². The number of ether oxygens (including phenoxy) is 1. The number of nitrogens with zero attached hydrogens (tertiary/aromatic N) is 3. The molecule has 8 nitrogen and oxygen atoms in total. The smallest absolute Gasteiger partial charge is 0.417 e. The third-order valence-corrected chi connectivity index (χ3v) is 8.70. The van der Waals surface area contributed by atoms with Gasteiger partial charge >= 0.3 is 12.1 Å². The number of halogens is 3. The SMILES string of the molecule is CC[C@]1(C(=O)N2CCc3ncc(C(F)(F)F)cc3C2)CCC(N2CCC(C(=O)N[C@H](C)C(=O)OC)CC2)C1. The largest absolute Gasteiger partial charge is 0.467 e. The predicted molar refractivity (Wildman–Crippen MR) is 133 cm³/mol. The van der Waals surface area contributed by atoms with Gasteiger partial charge in [-0.15, -0.1) is 0 Å². The Morgan fingerprint density at radius 3 is 2.55 bits per heavy atom. The van der Waals surface area contributed by atoms with Crippen LogP contribution in [0.2, 0.25) is 0 Å². The molecule has 3 heterocycles. The zero-order valence-electron chi connectivity index (χ0n) is 22.3. The van der Waals surface area contributed by atoms with Crippen molar-refractivity contribution in [3.8, 4) is 0 Å². The molecule has 3 atom stereocenters. The van der Waals surface area contributed by atoms with Crippen molar-refractivity contribution < 1.29 is 32.3 Å². The normalized spacial score (nSPS) is 25.5. The molecule has 2 amide bonds. The summed E-state index contributed by atoms with van der Waals surface area (Å²) in [6, 6.07) is 0.672. The zero-order valence-corrected chi connectivity index (χ0v) is 22.3. The number of esters is 1. The second-order valence-electron chi connectivity index (χ2n) is 10.9. The van der Waals surface area contributed by atoms with Gasteiger partial charge < -0.3 is 19.9 Å². The lowest BCUT2D eigenvalue weighted by atomic mass is 9.80. The van der Waals surface area contributed by atoms with E-state index in [1.165, 1.54) is 7.11 Å². The first-order valence-electron chi connectivity index (χ1n) is 13.4. The first-order chi connectivity index (χ1) is 18.0. The van der Waals surface area contributed by atoms with Crippen LogP contribution in [0.5, 0.6) is 0 Å². The Morgan fingerprint density at radius 2 is 1.92 bits per heavy atom. The predicted octanol–water partition coefficient (Wildman–Crippen LogP) is 3.32. The summed E-state index contributed by atoms with van der Waals surface area (Å²) in [5.41, 5.74) is -0.207. The second-order valence-corrected chi connectivity index (χ2v) is 10.9. The first kappa shape index (κ1) is 28.3. The van der Waals surface area contributed by atoms with Crippen LogP contribution in [0.1, 0.15) is 69.2 Å². The van der Waals surface area contributed by atoms with Crippen molar-refractivity contribution in [2.24, 2.45) is 11.3 Å². The Morgan fingerprint density at radius 1 is 1.21 bits per heavy atom. The van der Waals surface area contributed by atoms with E-state index in [4.69, 9.17) is 0 Å². The Hall–Kier alpha value is -2.69. The van der Waals surface area contributed by atoms with Crippen LogP contribution in [0.4, 0.5) is 13.2 Å². The lowest BCUT2D eigenvalue weighted by molar-refractivity contribution is -0.145. The van der Waals surface area contributed by atoms with E-state index in [0.29, 0.717) is 49.9 Å². The fourth-order valence-electron chi connectivity index (χ4n) is 6.26. The molecule has 1 aliphatic carbocycles. The third-order valence-electron chi connectivity index (χ3n) is 8.70. The molecule has 1 saturated carbocycles. The number of hydrogen-bond donors (Lipinski definition) is 1. The third kappa shape index (κ3) is 5.82. The summed E-state index contributed by atoms with van der Waals surface area (Å²) in [7, 11) is 1.29. The highest BCUT2D eigenvalue weighted by Gasteiger charge is 2.48. The van der Waals surface area contributed by atoms with E-state index in [9.17, 15) is 27.6 Å². The summed E-state index contributed by atoms with van der Waals surface area (Å²) in [6.07, 6.45) is 1.23. The lowest BCUT2D eigenvalue weighted by Gasteiger charge is -2.39. The Labute approximate surface area is 221 Å². The van der Waals surface area contributed by atoms with Crippen LogP contribution >= 0.6 is 0 Å².